The fourth-order valence-corrected chi connectivity index (χ4v) is 1.42. The van der Waals surface area contributed by atoms with Crippen LogP contribution < -0.4 is 5.73 Å². The monoisotopic (exact) mass is 188 g/mol. The van der Waals surface area contributed by atoms with E-state index in [4.69, 9.17) is 5.73 Å². The van der Waals surface area contributed by atoms with E-state index in [0.29, 0.717) is 0 Å². The number of nitrogens with zero attached hydrogens (tertiary/aromatic N) is 3. The van der Waals surface area contributed by atoms with Crippen LogP contribution in [0.1, 0.15) is 5.56 Å². The normalized spacial score (nSPS) is 10.4. The molecule has 0 amide bonds. The topological polar surface area (TPSA) is 56.7 Å². The van der Waals surface area contributed by atoms with Crippen molar-refractivity contribution < 1.29 is 0 Å². The van der Waals surface area contributed by atoms with E-state index in [-0.39, 0.29) is 0 Å². The van der Waals surface area contributed by atoms with Gasteiger partial charge in [0.15, 0.2) is 5.82 Å². The zero-order valence-corrected chi connectivity index (χ0v) is 8.23. The van der Waals surface area contributed by atoms with Crippen LogP contribution >= 0.6 is 0 Å². The summed E-state index contributed by atoms with van der Waals surface area (Å²) in [4.78, 5) is 4.16. The van der Waals surface area contributed by atoms with Crippen LogP contribution in [0.4, 0.5) is 5.69 Å². The Labute approximate surface area is 82.4 Å². The maximum Gasteiger partial charge on any atom is 0.159 e. The maximum absolute atomic E-state index is 5.96. The molecule has 0 bridgehead atoms. The van der Waals surface area contributed by atoms with Crippen molar-refractivity contribution >= 4 is 5.69 Å². The van der Waals surface area contributed by atoms with E-state index in [2.05, 4.69) is 10.1 Å². The van der Waals surface area contributed by atoms with Gasteiger partial charge in [-0.05, 0) is 18.6 Å². The SMILES string of the molecule is Cc1cccc(-c2ncnn2C)c1N. The van der Waals surface area contributed by atoms with E-state index >= 15 is 0 Å². The summed E-state index contributed by atoms with van der Waals surface area (Å²) in [6, 6.07) is 5.90. The van der Waals surface area contributed by atoms with Crippen LogP contribution in [0.2, 0.25) is 0 Å². The van der Waals surface area contributed by atoms with Gasteiger partial charge in [0.05, 0.1) is 0 Å². The molecule has 0 spiro atoms. The van der Waals surface area contributed by atoms with Gasteiger partial charge >= 0.3 is 0 Å². The highest BCUT2D eigenvalue weighted by Crippen LogP contribution is 2.25. The number of hydrogen-bond donors (Lipinski definition) is 1. The largest absolute Gasteiger partial charge is 0.398 e. The second kappa shape index (κ2) is 3.14. The standard InChI is InChI=1S/C10H12N4/c1-7-4-3-5-8(9(7)11)10-12-6-13-14(10)2/h3-6H,11H2,1-2H3. The highest BCUT2D eigenvalue weighted by Gasteiger charge is 2.08. The molecule has 4 heteroatoms. The molecule has 4 nitrogen and oxygen atoms in total. The highest BCUT2D eigenvalue weighted by molar-refractivity contribution is 5.74. The summed E-state index contributed by atoms with van der Waals surface area (Å²) in [5.41, 5.74) is 8.72. The minimum Gasteiger partial charge on any atom is -0.398 e. The fraction of sp³-hybridized carbons (Fsp3) is 0.200. The average molecular weight is 188 g/mol. The van der Waals surface area contributed by atoms with Crippen LogP contribution in [-0.2, 0) is 7.05 Å². The van der Waals surface area contributed by atoms with Crippen LogP contribution in [0.25, 0.3) is 11.4 Å². The molecule has 2 rings (SSSR count). The van der Waals surface area contributed by atoms with Crippen molar-refractivity contribution in [3.63, 3.8) is 0 Å². The zero-order valence-electron chi connectivity index (χ0n) is 8.23. The van der Waals surface area contributed by atoms with Crippen LogP contribution in [0, 0.1) is 6.92 Å². The van der Waals surface area contributed by atoms with E-state index in [1.165, 1.54) is 6.33 Å². The van der Waals surface area contributed by atoms with Crippen molar-refractivity contribution in [2.45, 2.75) is 6.92 Å². The predicted molar refractivity (Wildman–Crippen MR) is 55.6 cm³/mol. The van der Waals surface area contributed by atoms with Crippen molar-refractivity contribution in [1.82, 2.24) is 14.8 Å². The van der Waals surface area contributed by atoms with Gasteiger partial charge in [0.25, 0.3) is 0 Å². The number of nitrogens with two attached hydrogens (primary N) is 1. The van der Waals surface area contributed by atoms with E-state index < -0.39 is 0 Å². The van der Waals surface area contributed by atoms with Crippen molar-refractivity contribution in [1.29, 1.82) is 0 Å². The lowest BCUT2D eigenvalue weighted by molar-refractivity contribution is 0.775. The number of anilines is 1. The molecule has 0 aliphatic heterocycles. The van der Waals surface area contributed by atoms with Gasteiger partial charge < -0.3 is 5.73 Å². The Kier molecular flexibility index (Phi) is 1.96. The summed E-state index contributed by atoms with van der Waals surface area (Å²) in [7, 11) is 1.85. The first-order valence-electron chi connectivity index (χ1n) is 4.39. The molecule has 0 unspecified atom stereocenters. The van der Waals surface area contributed by atoms with Crippen LogP contribution in [0.3, 0.4) is 0 Å². The van der Waals surface area contributed by atoms with Gasteiger partial charge in [-0.2, -0.15) is 5.10 Å². The van der Waals surface area contributed by atoms with Gasteiger partial charge in [0.2, 0.25) is 0 Å². The molecule has 0 atom stereocenters. The van der Waals surface area contributed by atoms with Gasteiger partial charge in [0, 0.05) is 18.3 Å². The molecule has 2 aromatic rings. The number of aryl methyl sites for hydroxylation is 2. The number of rotatable bonds is 1. The number of benzene rings is 1. The maximum atomic E-state index is 5.96. The molecule has 0 saturated carbocycles. The van der Waals surface area contributed by atoms with Crippen molar-refractivity contribution in [3.8, 4) is 11.4 Å². The van der Waals surface area contributed by atoms with E-state index in [1.54, 1.807) is 4.68 Å². The summed E-state index contributed by atoms with van der Waals surface area (Å²) in [6.45, 7) is 1.98. The minimum atomic E-state index is 0.767. The molecule has 0 aliphatic carbocycles. The summed E-state index contributed by atoms with van der Waals surface area (Å²) in [6.07, 6.45) is 1.52. The Morgan fingerprint density at radius 3 is 2.79 bits per heavy atom. The zero-order chi connectivity index (χ0) is 10.1. The molecule has 2 N–H and O–H groups in total. The molecular weight excluding hydrogens is 176 g/mol. The first-order valence-corrected chi connectivity index (χ1v) is 4.39. The molecule has 1 aromatic heterocycles. The van der Waals surface area contributed by atoms with E-state index in [0.717, 1.165) is 22.6 Å². The van der Waals surface area contributed by atoms with Gasteiger partial charge in [-0.25, -0.2) is 9.67 Å². The van der Waals surface area contributed by atoms with Gasteiger partial charge in [-0.1, -0.05) is 12.1 Å². The van der Waals surface area contributed by atoms with Crippen LogP contribution in [-0.4, -0.2) is 14.8 Å². The molecule has 0 fully saturated rings. The van der Waals surface area contributed by atoms with E-state index in [1.807, 2.05) is 32.2 Å². The third-order valence-corrected chi connectivity index (χ3v) is 2.28. The summed E-state index contributed by atoms with van der Waals surface area (Å²) in [5, 5.41) is 4.01. The lowest BCUT2D eigenvalue weighted by Gasteiger charge is -2.06. The smallest absolute Gasteiger partial charge is 0.159 e. The Morgan fingerprint density at radius 1 is 1.36 bits per heavy atom. The minimum absolute atomic E-state index is 0.767. The predicted octanol–water partition coefficient (Wildman–Crippen LogP) is 1.37. The number of hydrogen-bond acceptors (Lipinski definition) is 3. The molecule has 1 heterocycles. The number of aromatic nitrogens is 3. The Bertz CT molecular complexity index is 459. The van der Waals surface area contributed by atoms with E-state index in [9.17, 15) is 0 Å². The fourth-order valence-electron chi connectivity index (χ4n) is 1.42. The third-order valence-electron chi connectivity index (χ3n) is 2.28. The molecule has 0 saturated heterocycles. The molecule has 1 aromatic carbocycles. The molecule has 0 aliphatic rings. The quantitative estimate of drug-likeness (QED) is 0.688. The van der Waals surface area contributed by atoms with Crippen molar-refractivity contribution in [2.24, 2.45) is 7.05 Å². The van der Waals surface area contributed by atoms with Gasteiger partial charge in [-0.3, -0.25) is 0 Å². The first kappa shape index (κ1) is 8.74. The van der Waals surface area contributed by atoms with Crippen molar-refractivity contribution in [3.05, 3.63) is 30.1 Å². The Balaban J connectivity index is 2.63. The molecule has 72 valence electrons. The number of nitrogen functional groups attached to an aromatic ring is 1. The molecule has 0 radical (unpaired) electrons. The summed E-state index contributed by atoms with van der Waals surface area (Å²) >= 11 is 0. The summed E-state index contributed by atoms with van der Waals surface area (Å²) in [5.74, 6) is 0.797. The lowest BCUT2D eigenvalue weighted by Crippen LogP contribution is -1.99. The van der Waals surface area contributed by atoms with Crippen LogP contribution in [0.15, 0.2) is 24.5 Å². The molecular formula is C10H12N4. The Hall–Kier alpha value is -1.84. The second-order valence-electron chi connectivity index (χ2n) is 3.24. The molecule has 14 heavy (non-hydrogen) atoms. The lowest BCUT2D eigenvalue weighted by atomic mass is 10.1. The summed E-state index contributed by atoms with van der Waals surface area (Å²) < 4.78 is 1.71. The van der Waals surface area contributed by atoms with Crippen LogP contribution in [0.5, 0.6) is 0 Å². The highest BCUT2D eigenvalue weighted by atomic mass is 15.3. The Morgan fingerprint density at radius 2 is 2.14 bits per heavy atom. The van der Waals surface area contributed by atoms with Gasteiger partial charge in [0.1, 0.15) is 6.33 Å². The second-order valence-corrected chi connectivity index (χ2v) is 3.24. The van der Waals surface area contributed by atoms with Crippen molar-refractivity contribution in [2.75, 3.05) is 5.73 Å². The average Bonchev–Trinajstić information content (AvgIpc) is 2.57. The van der Waals surface area contributed by atoms with Gasteiger partial charge in [-0.15, -0.1) is 0 Å². The number of para-hydroxylation sites is 1. The third kappa shape index (κ3) is 1.25. The first-order chi connectivity index (χ1) is 6.70.